The minimum atomic E-state index is 0.602. The molecule has 2 aromatic rings. The van der Waals surface area contributed by atoms with Crippen molar-refractivity contribution in [3.8, 4) is 0 Å². The van der Waals surface area contributed by atoms with Crippen molar-refractivity contribution in [1.29, 1.82) is 0 Å². The van der Waals surface area contributed by atoms with Gasteiger partial charge >= 0.3 is 0 Å². The number of benzene rings is 1. The molecule has 0 atom stereocenters. The minimum absolute atomic E-state index is 0.602. The van der Waals surface area contributed by atoms with Gasteiger partial charge in [0.05, 0.1) is 11.4 Å². The van der Waals surface area contributed by atoms with Crippen LogP contribution in [0.15, 0.2) is 30.3 Å². The number of aromatic nitrogens is 2. The third kappa shape index (κ3) is 3.68. The minimum Gasteiger partial charge on any atom is -0.326 e. The first kappa shape index (κ1) is 14.8. The summed E-state index contributed by atoms with van der Waals surface area (Å²) < 4.78 is 2.07. The van der Waals surface area contributed by atoms with Crippen LogP contribution in [0.3, 0.4) is 0 Å². The van der Waals surface area contributed by atoms with Gasteiger partial charge in [0, 0.05) is 26.2 Å². The summed E-state index contributed by atoms with van der Waals surface area (Å²) in [7, 11) is 2.14. The molecule has 1 heterocycles. The van der Waals surface area contributed by atoms with Crippen LogP contribution in [0.4, 0.5) is 0 Å². The quantitative estimate of drug-likeness (QED) is 0.877. The van der Waals surface area contributed by atoms with Crippen LogP contribution < -0.4 is 5.73 Å². The van der Waals surface area contributed by atoms with Gasteiger partial charge in [0.25, 0.3) is 0 Å². The standard InChI is InChI=1S/C16H24N4/c1-4-20-16(9-13(2)18-20)12-19(3)11-15-7-5-14(10-17)6-8-15/h5-9H,4,10-12,17H2,1-3H3. The fourth-order valence-corrected chi connectivity index (χ4v) is 2.43. The van der Waals surface area contributed by atoms with Gasteiger partial charge in [-0.1, -0.05) is 24.3 Å². The molecule has 4 nitrogen and oxygen atoms in total. The van der Waals surface area contributed by atoms with Gasteiger partial charge in [-0.15, -0.1) is 0 Å². The van der Waals surface area contributed by atoms with E-state index in [1.54, 1.807) is 0 Å². The van der Waals surface area contributed by atoms with E-state index in [0.29, 0.717) is 6.54 Å². The normalized spacial score (nSPS) is 11.2. The highest BCUT2D eigenvalue weighted by atomic mass is 15.3. The Morgan fingerprint density at radius 1 is 1.15 bits per heavy atom. The summed E-state index contributed by atoms with van der Waals surface area (Å²) in [5, 5.41) is 4.49. The SMILES string of the molecule is CCn1nc(C)cc1CN(C)Cc1ccc(CN)cc1. The van der Waals surface area contributed by atoms with Crippen LogP contribution in [-0.4, -0.2) is 21.7 Å². The van der Waals surface area contributed by atoms with Crippen molar-refractivity contribution in [2.45, 2.75) is 40.0 Å². The van der Waals surface area contributed by atoms with Crippen LogP contribution in [0.2, 0.25) is 0 Å². The van der Waals surface area contributed by atoms with Gasteiger partial charge in [-0.25, -0.2) is 0 Å². The van der Waals surface area contributed by atoms with E-state index >= 15 is 0 Å². The maximum absolute atomic E-state index is 5.62. The van der Waals surface area contributed by atoms with Gasteiger partial charge < -0.3 is 5.73 Å². The Bertz CT molecular complexity index is 542. The highest BCUT2D eigenvalue weighted by Crippen LogP contribution is 2.11. The van der Waals surface area contributed by atoms with E-state index in [-0.39, 0.29) is 0 Å². The van der Waals surface area contributed by atoms with Crippen LogP contribution in [0.5, 0.6) is 0 Å². The lowest BCUT2D eigenvalue weighted by atomic mass is 10.1. The van der Waals surface area contributed by atoms with Crippen molar-refractivity contribution in [2.24, 2.45) is 5.73 Å². The molecule has 2 N–H and O–H groups in total. The van der Waals surface area contributed by atoms with Crippen LogP contribution in [0.1, 0.15) is 29.4 Å². The lowest BCUT2D eigenvalue weighted by molar-refractivity contribution is 0.307. The molecule has 0 spiro atoms. The molecule has 108 valence electrons. The van der Waals surface area contributed by atoms with E-state index in [2.05, 4.69) is 59.0 Å². The van der Waals surface area contributed by atoms with Gasteiger partial charge in [0.1, 0.15) is 0 Å². The van der Waals surface area contributed by atoms with E-state index < -0.39 is 0 Å². The van der Waals surface area contributed by atoms with Crippen LogP contribution in [-0.2, 0) is 26.2 Å². The second-order valence-electron chi connectivity index (χ2n) is 5.29. The molecule has 0 radical (unpaired) electrons. The molecule has 4 heteroatoms. The Kier molecular flexibility index (Phi) is 4.93. The average molecular weight is 272 g/mol. The molecule has 1 aromatic carbocycles. The van der Waals surface area contributed by atoms with Crippen molar-refractivity contribution in [1.82, 2.24) is 14.7 Å². The van der Waals surface area contributed by atoms with Gasteiger partial charge in [-0.2, -0.15) is 5.10 Å². The van der Waals surface area contributed by atoms with Gasteiger partial charge in [-0.3, -0.25) is 9.58 Å². The Morgan fingerprint density at radius 2 is 1.80 bits per heavy atom. The highest BCUT2D eigenvalue weighted by Gasteiger charge is 2.07. The molecule has 0 saturated carbocycles. The van der Waals surface area contributed by atoms with E-state index in [0.717, 1.165) is 25.3 Å². The zero-order chi connectivity index (χ0) is 14.5. The van der Waals surface area contributed by atoms with Crippen LogP contribution in [0, 0.1) is 6.92 Å². The van der Waals surface area contributed by atoms with Gasteiger partial charge in [0.15, 0.2) is 0 Å². The molecule has 0 bridgehead atoms. The van der Waals surface area contributed by atoms with E-state index in [1.165, 1.54) is 16.8 Å². The molecule has 20 heavy (non-hydrogen) atoms. The van der Waals surface area contributed by atoms with Crippen molar-refractivity contribution >= 4 is 0 Å². The zero-order valence-electron chi connectivity index (χ0n) is 12.6. The zero-order valence-corrected chi connectivity index (χ0v) is 12.6. The monoisotopic (exact) mass is 272 g/mol. The lowest BCUT2D eigenvalue weighted by Gasteiger charge is -2.17. The second kappa shape index (κ2) is 6.68. The number of nitrogens with two attached hydrogens (primary N) is 1. The van der Waals surface area contributed by atoms with E-state index in [1.807, 2.05) is 6.92 Å². The summed E-state index contributed by atoms with van der Waals surface area (Å²) in [5.41, 5.74) is 10.5. The molecule has 0 aliphatic rings. The first-order valence-electron chi connectivity index (χ1n) is 7.12. The smallest absolute Gasteiger partial charge is 0.0597 e. The predicted molar refractivity (Wildman–Crippen MR) is 82.1 cm³/mol. The number of nitrogens with zero attached hydrogens (tertiary/aromatic N) is 3. The molecule has 0 aliphatic carbocycles. The van der Waals surface area contributed by atoms with Crippen molar-refractivity contribution in [3.63, 3.8) is 0 Å². The Morgan fingerprint density at radius 3 is 2.40 bits per heavy atom. The summed E-state index contributed by atoms with van der Waals surface area (Å²) in [4.78, 5) is 2.31. The largest absolute Gasteiger partial charge is 0.326 e. The first-order chi connectivity index (χ1) is 9.62. The maximum atomic E-state index is 5.62. The third-order valence-corrected chi connectivity index (χ3v) is 3.43. The summed E-state index contributed by atoms with van der Waals surface area (Å²) >= 11 is 0. The average Bonchev–Trinajstić information content (AvgIpc) is 2.79. The molecule has 0 amide bonds. The molecule has 1 aromatic heterocycles. The topological polar surface area (TPSA) is 47.1 Å². The Hall–Kier alpha value is -1.65. The fraction of sp³-hybridized carbons (Fsp3) is 0.438. The molecule has 0 aliphatic heterocycles. The van der Waals surface area contributed by atoms with Crippen LogP contribution >= 0.6 is 0 Å². The summed E-state index contributed by atoms with van der Waals surface area (Å²) in [5.74, 6) is 0. The molecule has 0 fully saturated rings. The Labute approximate surface area is 121 Å². The molecular formula is C16H24N4. The predicted octanol–water partition coefficient (Wildman–Crippen LogP) is 2.30. The van der Waals surface area contributed by atoms with Crippen molar-refractivity contribution in [2.75, 3.05) is 7.05 Å². The number of hydrogen-bond acceptors (Lipinski definition) is 3. The summed E-state index contributed by atoms with van der Waals surface area (Å²) in [6.07, 6.45) is 0. The molecule has 0 unspecified atom stereocenters. The summed E-state index contributed by atoms with van der Waals surface area (Å²) in [6, 6.07) is 10.7. The van der Waals surface area contributed by atoms with E-state index in [9.17, 15) is 0 Å². The lowest BCUT2D eigenvalue weighted by Crippen LogP contribution is -2.19. The summed E-state index contributed by atoms with van der Waals surface area (Å²) in [6.45, 7) is 7.53. The fourth-order valence-electron chi connectivity index (χ4n) is 2.43. The molecule has 2 rings (SSSR count). The number of aryl methyl sites for hydroxylation is 2. The van der Waals surface area contributed by atoms with Gasteiger partial charge in [0.2, 0.25) is 0 Å². The van der Waals surface area contributed by atoms with Crippen molar-refractivity contribution in [3.05, 3.63) is 52.8 Å². The highest BCUT2D eigenvalue weighted by molar-refractivity contribution is 5.22. The third-order valence-electron chi connectivity index (χ3n) is 3.43. The first-order valence-corrected chi connectivity index (χ1v) is 7.12. The molecule has 0 saturated heterocycles. The second-order valence-corrected chi connectivity index (χ2v) is 5.29. The van der Waals surface area contributed by atoms with E-state index in [4.69, 9.17) is 5.73 Å². The van der Waals surface area contributed by atoms with Crippen molar-refractivity contribution < 1.29 is 0 Å². The molecular weight excluding hydrogens is 248 g/mol. The van der Waals surface area contributed by atoms with Gasteiger partial charge in [-0.05, 0) is 38.1 Å². The maximum Gasteiger partial charge on any atom is 0.0597 e. The number of hydrogen-bond donors (Lipinski definition) is 1. The number of rotatable bonds is 6. The van der Waals surface area contributed by atoms with Crippen LogP contribution in [0.25, 0.3) is 0 Å². The Balaban J connectivity index is 1.98.